The Balaban J connectivity index is 3.13. The first-order chi connectivity index (χ1) is 8.31. The van der Waals surface area contributed by atoms with Crippen molar-refractivity contribution in [3.8, 4) is 5.75 Å². The molecular weight excluding hydrogens is 526 g/mol. The Morgan fingerprint density at radius 1 is 1.33 bits per heavy atom. The first-order valence-corrected chi connectivity index (χ1v) is 8.41. The molecule has 0 unspecified atom stereocenters. The van der Waals surface area contributed by atoms with Gasteiger partial charge in [0, 0.05) is 0 Å². The molecule has 3 nitrogen and oxygen atoms in total. The van der Waals surface area contributed by atoms with Gasteiger partial charge in [-0.25, -0.2) is 0 Å². The van der Waals surface area contributed by atoms with E-state index in [1.807, 2.05) is 26.0 Å². The normalized spacial score (nSPS) is 11.2. The van der Waals surface area contributed by atoms with Crippen LogP contribution >= 0.6 is 61.1 Å². The van der Waals surface area contributed by atoms with Gasteiger partial charge in [-0.1, -0.05) is 15.9 Å². The summed E-state index contributed by atoms with van der Waals surface area (Å²) < 4.78 is 12.7. The van der Waals surface area contributed by atoms with Gasteiger partial charge in [-0.15, -0.1) is 0 Å². The minimum absolute atomic E-state index is 0.195. The molecule has 0 saturated heterocycles. The number of carbonyl (C=O) groups is 1. The second kappa shape index (κ2) is 6.74. The van der Waals surface area contributed by atoms with Gasteiger partial charge in [-0.05, 0) is 76.7 Å². The first-order valence-electron chi connectivity index (χ1n) is 5.13. The lowest BCUT2D eigenvalue weighted by atomic mass is 9.98. The summed E-state index contributed by atoms with van der Waals surface area (Å²) in [5.41, 5.74) is 0.295. The van der Waals surface area contributed by atoms with Crippen LogP contribution in [0.2, 0.25) is 0 Å². The number of esters is 1. The molecule has 0 radical (unpaired) electrons. The van der Waals surface area contributed by atoms with Gasteiger partial charge < -0.3 is 9.47 Å². The Hall–Kier alpha value is 0.430. The van der Waals surface area contributed by atoms with Gasteiger partial charge in [-0.2, -0.15) is 0 Å². The summed E-state index contributed by atoms with van der Waals surface area (Å²) in [6.07, 6.45) is 0. The van der Waals surface area contributed by atoms with Crippen molar-refractivity contribution in [3.63, 3.8) is 0 Å². The van der Waals surface area contributed by atoms with E-state index < -0.39 is 5.60 Å². The minimum Gasteiger partial charge on any atom is -0.495 e. The molecule has 1 aromatic carbocycles. The van der Waals surface area contributed by atoms with E-state index in [0.29, 0.717) is 0 Å². The zero-order chi connectivity index (χ0) is 13.9. The fourth-order valence-electron chi connectivity index (χ4n) is 1.47. The lowest BCUT2D eigenvalue weighted by molar-refractivity contribution is -0.153. The molecule has 0 N–H and O–H groups in total. The zero-order valence-corrected chi connectivity index (χ0v) is 16.1. The number of alkyl halides is 1. The summed E-state index contributed by atoms with van der Waals surface area (Å²) in [7, 11) is 1.65. The van der Waals surface area contributed by atoms with Crippen LogP contribution in [-0.4, -0.2) is 18.4 Å². The Morgan fingerprint density at radius 3 is 2.22 bits per heavy atom. The SMILES string of the molecule is COc1c(I)cc(C(C)(C)OC(=O)CBr)cc1I. The number of benzene rings is 1. The fourth-order valence-corrected chi connectivity index (χ4v) is 3.80. The number of hydrogen-bond acceptors (Lipinski definition) is 3. The molecule has 18 heavy (non-hydrogen) atoms. The number of carbonyl (C=O) groups excluding carboxylic acids is 1. The van der Waals surface area contributed by atoms with E-state index in [9.17, 15) is 4.79 Å². The molecular formula is C12H13BrI2O3. The van der Waals surface area contributed by atoms with Crippen LogP contribution in [-0.2, 0) is 15.1 Å². The zero-order valence-electron chi connectivity index (χ0n) is 10.2. The van der Waals surface area contributed by atoms with Gasteiger partial charge in [0.25, 0.3) is 0 Å². The van der Waals surface area contributed by atoms with Gasteiger partial charge in [0.1, 0.15) is 16.7 Å². The molecule has 0 amide bonds. The summed E-state index contributed by atoms with van der Waals surface area (Å²) in [6, 6.07) is 3.95. The third kappa shape index (κ3) is 3.96. The molecule has 0 aromatic heterocycles. The second-order valence-corrected chi connectivity index (χ2v) is 6.98. The van der Waals surface area contributed by atoms with Crippen molar-refractivity contribution in [1.82, 2.24) is 0 Å². The van der Waals surface area contributed by atoms with Crippen LogP contribution in [0.15, 0.2) is 12.1 Å². The van der Waals surface area contributed by atoms with Crippen molar-refractivity contribution in [2.45, 2.75) is 19.4 Å². The van der Waals surface area contributed by atoms with Gasteiger partial charge in [-0.3, -0.25) is 4.79 Å². The van der Waals surface area contributed by atoms with Crippen molar-refractivity contribution in [2.75, 3.05) is 12.4 Å². The summed E-state index contributed by atoms with van der Waals surface area (Å²) in [5, 5.41) is 0.195. The largest absolute Gasteiger partial charge is 0.495 e. The summed E-state index contributed by atoms with van der Waals surface area (Å²) in [6.45, 7) is 3.75. The van der Waals surface area contributed by atoms with Gasteiger partial charge >= 0.3 is 5.97 Å². The number of rotatable bonds is 4. The van der Waals surface area contributed by atoms with Crippen LogP contribution in [0.5, 0.6) is 5.75 Å². The van der Waals surface area contributed by atoms with Crippen LogP contribution < -0.4 is 4.74 Å². The summed E-state index contributed by atoms with van der Waals surface area (Å²) in [5.74, 6) is 0.573. The van der Waals surface area contributed by atoms with E-state index in [4.69, 9.17) is 9.47 Å². The van der Waals surface area contributed by atoms with Crippen LogP contribution in [0.1, 0.15) is 19.4 Å². The number of hydrogen-bond donors (Lipinski definition) is 0. The maximum atomic E-state index is 11.4. The Morgan fingerprint density at radius 2 is 1.83 bits per heavy atom. The van der Waals surface area contributed by atoms with Crippen molar-refractivity contribution in [3.05, 3.63) is 24.8 Å². The molecule has 0 aliphatic heterocycles. The average Bonchev–Trinajstić information content (AvgIpc) is 2.27. The third-order valence-corrected chi connectivity index (χ3v) is 4.44. The van der Waals surface area contributed by atoms with Crippen LogP contribution in [0.25, 0.3) is 0 Å². The molecule has 6 heteroatoms. The number of ether oxygens (including phenoxy) is 2. The molecule has 0 bridgehead atoms. The molecule has 1 aromatic rings. The van der Waals surface area contributed by atoms with E-state index in [1.165, 1.54) is 0 Å². The Labute approximate surface area is 142 Å². The Kier molecular flexibility index (Phi) is 6.17. The number of halogens is 3. The molecule has 0 fully saturated rings. The minimum atomic E-state index is -0.656. The maximum Gasteiger partial charge on any atom is 0.317 e. The highest BCUT2D eigenvalue weighted by Crippen LogP contribution is 2.34. The average molecular weight is 539 g/mol. The van der Waals surface area contributed by atoms with Crippen molar-refractivity contribution in [1.29, 1.82) is 0 Å². The maximum absolute atomic E-state index is 11.4. The van der Waals surface area contributed by atoms with Crippen molar-refractivity contribution in [2.24, 2.45) is 0 Å². The monoisotopic (exact) mass is 538 g/mol. The quantitative estimate of drug-likeness (QED) is 0.329. The van der Waals surface area contributed by atoms with E-state index >= 15 is 0 Å². The molecule has 0 saturated carbocycles. The topological polar surface area (TPSA) is 35.5 Å². The smallest absolute Gasteiger partial charge is 0.317 e. The summed E-state index contributed by atoms with van der Waals surface area (Å²) >= 11 is 7.52. The predicted octanol–water partition coefficient (Wildman–Crippen LogP) is 4.08. The highest BCUT2D eigenvalue weighted by atomic mass is 127. The highest BCUT2D eigenvalue weighted by molar-refractivity contribution is 14.1. The Bertz CT molecular complexity index is 438. The first kappa shape index (κ1) is 16.5. The molecule has 100 valence electrons. The van der Waals surface area contributed by atoms with Crippen LogP contribution in [0.4, 0.5) is 0 Å². The van der Waals surface area contributed by atoms with Gasteiger partial charge in [0.2, 0.25) is 0 Å². The molecule has 0 spiro atoms. The van der Waals surface area contributed by atoms with Gasteiger partial charge in [0.15, 0.2) is 0 Å². The van der Waals surface area contributed by atoms with E-state index in [1.54, 1.807) is 7.11 Å². The standard InChI is InChI=1S/C12H13BrI2O3/c1-12(2,18-10(16)6-13)7-4-8(14)11(17-3)9(15)5-7/h4-5H,6H2,1-3H3. The molecule has 0 heterocycles. The van der Waals surface area contributed by atoms with E-state index in [0.717, 1.165) is 18.5 Å². The molecule has 1 rings (SSSR count). The molecule has 0 aliphatic carbocycles. The molecule has 0 aliphatic rings. The molecule has 0 atom stereocenters. The fraction of sp³-hybridized carbons (Fsp3) is 0.417. The van der Waals surface area contributed by atoms with Crippen molar-refractivity contribution >= 4 is 67.1 Å². The van der Waals surface area contributed by atoms with E-state index in [2.05, 4.69) is 61.1 Å². The van der Waals surface area contributed by atoms with E-state index in [-0.39, 0.29) is 11.3 Å². The second-order valence-electron chi connectivity index (χ2n) is 4.09. The highest BCUT2D eigenvalue weighted by Gasteiger charge is 2.26. The van der Waals surface area contributed by atoms with Crippen LogP contribution in [0, 0.1) is 7.14 Å². The van der Waals surface area contributed by atoms with Gasteiger partial charge in [0.05, 0.1) is 14.3 Å². The van der Waals surface area contributed by atoms with Crippen LogP contribution in [0.3, 0.4) is 0 Å². The predicted molar refractivity (Wildman–Crippen MR) is 91.3 cm³/mol. The number of methoxy groups -OCH3 is 1. The lowest BCUT2D eigenvalue weighted by Gasteiger charge is -2.26. The van der Waals surface area contributed by atoms with Crippen molar-refractivity contribution < 1.29 is 14.3 Å². The summed E-state index contributed by atoms with van der Waals surface area (Å²) in [4.78, 5) is 11.4. The lowest BCUT2D eigenvalue weighted by Crippen LogP contribution is -2.26. The third-order valence-electron chi connectivity index (χ3n) is 2.38.